The predicted molar refractivity (Wildman–Crippen MR) is 62.1 cm³/mol. The lowest BCUT2D eigenvalue weighted by molar-refractivity contribution is -0.153. The topological polar surface area (TPSA) is 125 Å². The number of carbonyl (C=O) groups is 3. The highest BCUT2D eigenvalue weighted by Gasteiger charge is 2.45. The van der Waals surface area contributed by atoms with Gasteiger partial charge in [0.05, 0.1) is 19.8 Å². The van der Waals surface area contributed by atoms with Gasteiger partial charge >= 0.3 is 12.0 Å². The summed E-state index contributed by atoms with van der Waals surface area (Å²) in [6.07, 6.45) is -2.41. The standard InChI is InChI=1S/C11H16N2O7/c1-19-10(17)5-3-13(11(18)12-9(5)16)8-2-6(15)7(4-14)20-8/h5-8,14-15H,2-4H2,1H3,(H,12,16,18)/t5?,6-,7+,8+/m0/s1. The number of carbonyl (C=O) groups excluding carboxylic acids is 3. The minimum atomic E-state index is -1.13. The summed E-state index contributed by atoms with van der Waals surface area (Å²) in [5, 5.41) is 20.7. The van der Waals surface area contributed by atoms with Crippen LogP contribution in [0, 0.1) is 5.92 Å². The van der Waals surface area contributed by atoms with Crippen LogP contribution in [0.15, 0.2) is 0 Å². The second-order valence-corrected chi connectivity index (χ2v) is 4.64. The van der Waals surface area contributed by atoms with Gasteiger partial charge in [-0.25, -0.2) is 4.79 Å². The number of imide groups is 1. The van der Waals surface area contributed by atoms with E-state index in [-0.39, 0.29) is 19.6 Å². The molecule has 0 aromatic rings. The zero-order chi connectivity index (χ0) is 14.9. The minimum Gasteiger partial charge on any atom is -0.468 e. The van der Waals surface area contributed by atoms with Crippen molar-refractivity contribution in [3.63, 3.8) is 0 Å². The van der Waals surface area contributed by atoms with Crippen molar-refractivity contribution in [1.29, 1.82) is 0 Å². The number of aliphatic hydroxyl groups is 2. The van der Waals surface area contributed by atoms with Gasteiger partial charge in [-0.05, 0) is 0 Å². The largest absolute Gasteiger partial charge is 0.468 e. The maximum Gasteiger partial charge on any atom is 0.326 e. The lowest BCUT2D eigenvalue weighted by Gasteiger charge is -2.34. The minimum absolute atomic E-state index is 0.0979. The van der Waals surface area contributed by atoms with Crippen LogP contribution in [0.5, 0.6) is 0 Å². The van der Waals surface area contributed by atoms with Gasteiger partial charge in [0.1, 0.15) is 12.3 Å². The number of urea groups is 1. The number of nitrogens with one attached hydrogen (secondary N) is 1. The van der Waals surface area contributed by atoms with Gasteiger partial charge in [0, 0.05) is 13.0 Å². The van der Waals surface area contributed by atoms with Crippen molar-refractivity contribution in [2.45, 2.75) is 24.9 Å². The Bertz CT molecular complexity index is 427. The van der Waals surface area contributed by atoms with Gasteiger partial charge in [-0.2, -0.15) is 0 Å². The molecule has 2 aliphatic rings. The molecule has 9 nitrogen and oxygen atoms in total. The smallest absolute Gasteiger partial charge is 0.326 e. The summed E-state index contributed by atoms with van der Waals surface area (Å²) >= 11 is 0. The third kappa shape index (κ3) is 2.60. The fourth-order valence-corrected chi connectivity index (χ4v) is 2.27. The third-order valence-corrected chi connectivity index (χ3v) is 3.40. The molecule has 4 atom stereocenters. The van der Waals surface area contributed by atoms with Crippen LogP contribution in [0.3, 0.4) is 0 Å². The SMILES string of the molecule is COC(=O)C1CN([C@H]2C[C@H](O)[C@@H](CO)O2)C(=O)NC1=O. The number of methoxy groups -OCH3 is 1. The van der Waals surface area contributed by atoms with Crippen LogP contribution in [0.4, 0.5) is 4.79 Å². The second kappa shape index (κ2) is 5.73. The molecule has 112 valence electrons. The number of hydrogen-bond donors (Lipinski definition) is 3. The van der Waals surface area contributed by atoms with Crippen molar-refractivity contribution in [2.75, 3.05) is 20.3 Å². The first-order valence-electron chi connectivity index (χ1n) is 6.11. The Labute approximate surface area is 114 Å². The molecule has 2 fully saturated rings. The Balaban J connectivity index is 2.09. The molecule has 0 aliphatic carbocycles. The van der Waals surface area contributed by atoms with Gasteiger partial charge in [-0.1, -0.05) is 0 Å². The van der Waals surface area contributed by atoms with Crippen LogP contribution in [0.25, 0.3) is 0 Å². The molecule has 3 N–H and O–H groups in total. The molecule has 0 saturated carbocycles. The predicted octanol–water partition coefficient (Wildman–Crippen LogP) is -2.20. The number of ether oxygens (including phenoxy) is 2. The highest BCUT2D eigenvalue weighted by atomic mass is 16.5. The second-order valence-electron chi connectivity index (χ2n) is 4.64. The Morgan fingerprint density at radius 2 is 2.25 bits per heavy atom. The fourth-order valence-electron chi connectivity index (χ4n) is 2.27. The molecule has 0 aromatic carbocycles. The molecule has 20 heavy (non-hydrogen) atoms. The molecule has 0 bridgehead atoms. The van der Waals surface area contributed by atoms with Gasteiger partial charge in [0.25, 0.3) is 0 Å². The van der Waals surface area contributed by atoms with Gasteiger partial charge in [0.15, 0.2) is 5.92 Å². The van der Waals surface area contributed by atoms with Crippen LogP contribution in [0.2, 0.25) is 0 Å². The van der Waals surface area contributed by atoms with Crippen LogP contribution < -0.4 is 5.32 Å². The highest BCUT2D eigenvalue weighted by Crippen LogP contribution is 2.25. The first-order valence-corrected chi connectivity index (χ1v) is 6.11. The molecule has 0 radical (unpaired) electrons. The first kappa shape index (κ1) is 14.7. The Morgan fingerprint density at radius 1 is 1.55 bits per heavy atom. The van der Waals surface area contributed by atoms with Gasteiger partial charge in [0.2, 0.25) is 5.91 Å². The number of rotatable bonds is 3. The van der Waals surface area contributed by atoms with E-state index in [0.717, 1.165) is 12.0 Å². The molecular weight excluding hydrogens is 272 g/mol. The zero-order valence-electron chi connectivity index (χ0n) is 10.8. The summed E-state index contributed by atoms with van der Waals surface area (Å²) in [4.78, 5) is 35.9. The van der Waals surface area contributed by atoms with Crippen molar-refractivity contribution >= 4 is 17.9 Å². The number of esters is 1. The average Bonchev–Trinajstić information content (AvgIpc) is 2.79. The van der Waals surface area contributed by atoms with Gasteiger partial charge < -0.3 is 19.7 Å². The van der Waals surface area contributed by atoms with E-state index in [1.807, 2.05) is 5.32 Å². The van der Waals surface area contributed by atoms with E-state index in [1.165, 1.54) is 0 Å². The molecule has 0 spiro atoms. The molecule has 2 rings (SSSR count). The molecule has 9 heteroatoms. The van der Waals surface area contributed by atoms with Gasteiger partial charge in [-0.15, -0.1) is 0 Å². The molecular formula is C11H16N2O7. The van der Waals surface area contributed by atoms with E-state index in [9.17, 15) is 19.5 Å². The summed E-state index contributed by atoms with van der Waals surface area (Å²) in [6, 6.07) is -0.703. The highest BCUT2D eigenvalue weighted by molar-refractivity contribution is 6.07. The maximum absolute atomic E-state index is 11.8. The lowest BCUT2D eigenvalue weighted by Crippen LogP contribution is -2.59. The average molecular weight is 288 g/mol. The number of nitrogens with zero attached hydrogens (tertiary/aromatic N) is 1. The van der Waals surface area contributed by atoms with Crippen molar-refractivity contribution in [1.82, 2.24) is 10.2 Å². The van der Waals surface area contributed by atoms with Crippen molar-refractivity contribution in [3.05, 3.63) is 0 Å². The van der Waals surface area contributed by atoms with Crippen LogP contribution >= 0.6 is 0 Å². The Morgan fingerprint density at radius 3 is 2.80 bits per heavy atom. The summed E-state index contributed by atoms with van der Waals surface area (Å²) in [6.45, 7) is -0.570. The quantitative estimate of drug-likeness (QED) is 0.397. The first-order chi connectivity index (χ1) is 9.47. The van der Waals surface area contributed by atoms with E-state index in [4.69, 9.17) is 9.84 Å². The summed E-state index contributed by atoms with van der Waals surface area (Å²) in [7, 11) is 1.15. The van der Waals surface area contributed by atoms with Crippen LogP contribution in [0.1, 0.15) is 6.42 Å². The molecule has 1 unspecified atom stereocenters. The third-order valence-electron chi connectivity index (χ3n) is 3.40. The van der Waals surface area contributed by atoms with E-state index in [0.29, 0.717) is 0 Å². The molecule has 3 amide bonds. The molecule has 0 aromatic heterocycles. The van der Waals surface area contributed by atoms with E-state index in [2.05, 4.69) is 4.74 Å². The monoisotopic (exact) mass is 288 g/mol. The number of aliphatic hydroxyl groups excluding tert-OH is 2. The zero-order valence-corrected chi connectivity index (χ0v) is 10.8. The molecule has 2 saturated heterocycles. The Hall–Kier alpha value is -1.71. The number of hydrogen-bond acceptors (Lipinski definition) is 7. The van der Waals surface area contributed by atoms with E-state index in [1.54, 1.807) is 0 Å². The van der Waals surface area contributed by atoms with E-state index < -0.39 is 42.3 Å². The maximum atomic E-state index is 11.8. The fraction of sp³-hybridized carbons (Fsp3) is 0.727. The van der Waals surface area contributed by atoms with Crippen molar-refractivity contribution < 1.29 is 34.1 Å². The van der Waals surface area contributed by atoms with Crippen LogP contribution in [-0.4, -0.2) is 71.7 Å². The van der Waals surface area contributed by atoms with Crippen molar-refractivity contribution in [3.8, 4) is 0 Å². The van der Waals surface area contributed by atoms with Crippen LogP contribution in [-0.2, 0) is 19.1 Å². The lowest BCUT2D eigenvalue weighted by atomic mass is 10.1. The molecule has 2 heterocycles. The van der Waals surface area contributed by atoms with Gasteiger partial charge in [-0.3, -0.25) is 19.8 Å². The molecule has 2 aliphatic heterocycles. The Kier molecular flexibility index (Phi) is 4.21. The summed E-state index contributed by atoms with van der Waals surface area (Å²) in [5.74, 6) is -2.61. The number of amides is 3. The summed E-state index contributed by atoms with van der Waals surface area (Å²) < 4.78 is 9.83. The van der Waals surface area contributed by atoms with Crippen molar-refractivity contribution in [2.24, 2.45) is 5.92 Å². The van der Waals surface area contributed by atoms with E-state index >= 15 is 0 Å². The summed E-state index contributed by atoms with van der Waals surface area (Å²) in [5.41, 5.74) is 0. The normalized spacial score (nSPS) is 34.0.